The maximum Gasteiger partial charge on any atom is 0.317 e. The molecule has 20 nitrogen and oxygen atoms in total. The number of unbranched alkanes of at least 4 members (excludes halogenated alkanes) is 1. The van der Waals surface area contributed by atoms with Crippen molar-refractivity contribution >= 4 is 93.8 Å². The molecule has 4 unspecified atom stereocenters. The fourth-order valence-electron chi connectivity index (χ4n) is 8.81. The summed E-state index contributed by atoms with van der Waals surface area (Å²) in [6.07, 6.45) is 5.31. The molecule has 0 spiro atoms. The van der Waals surface area contributed by atoms with E-state index in [4.69, 9.17) is 18.0 Å². The molecule has 408 valence electrons. The van der Waals surface area contributed by atoms with Gasteiger partial charge in [-0.2, -0.15) is 11.8 Å². The second-order valence-electron chi connectivity index (χ2n) is 19.2. The summed E-state index contributed by atoms with van der Waals surface area (Å²) in [7, 11) is 1.62. The molecule has 2 aliphatic rings. The van der Waals surface area contributed by atoms with Crippen molar-refractivity contribution in [2.24, 2.45) is 28.5 Å². The number of ketones is 1. The average Bonchev–Trinajstić information content (AvgIpc) is 3.59. The molecule has 3 amide bonds. The fourth-order valence-corrected chi connectivity index (χ4v) is 10.8. The average molecular weight is 1080 g/mol. The molecule has 1 aromatic rings. The minimum absolute atomic E-state index is 0.123. The Kier molecular flexibility index (Phi) is 28.7. The van der Waals surface area contributed by atoms with Gasteiger partial charge in [0.2, 0.25) is 17.7 Å². The lowest BCUT2D eigenvalue weighted by Crippen LogP contribution is -2.48. The third-order valence-electron chi connectivity index (χ3n) is 13.0. The summed E-state index contributed by atoms with van der Waals surface area (Å²) in [4.78, 5) is 114. The molecule has 2 heterocycles. The molecule has 1 aromatic carbocycles. The molecule has 7 N–H and O–H groups in total. The number of thioether (sulfide) groups is 2. The lowest BCUT2D eigenvalue weighted by atomic mass is 9.89. The van der Waals surface area contributed by atoms with E-state index in [0.29, 0.717) is 120 Å². The van der Waals surface area contributed by atoms with E-state index < -0.39 is 47.0 Å². The van der Waals surface area contributed by atoms with Crippen LogP contribution in [0.2, 0.25) is 0 Å². The van der Waals surface area contributed by atoms with Gasteiger partial charge < -0.3 is 31.5 Å². The van der Waals surface area contributed by atoms with Gasteiger partial charge in [0.25, 0.3) is 0 Å². The maximum atomic E-state index is 13.9. The van der Waals surface area contributed by atoms with Gasteiger partial charge in [-0.15, -0.1) is 11.8 Å². The number of rotatable bonds is 32. The summed E-state index contributed by atoms with van der Waals surface area (Å²) in [5.41, 5.74) is 7.66. The standard InChI is InChI=1S/C50H78N8O12S3/c1-34(2)47(40(59)28-38(50(69)70)8-5-6-15-58-43(60)29-41(49(58)68)73-24-7-9-42(51)52-3)53-48(67)37(14-25-72-4)27-39(71)26-35-10-12-36(13-11-35)30-54-16-18-55(31-44(61)62)20-22-57(33-46(65)66)23-21-56(19-17-54)32-45(63)64/h10-13,34,37-38,41,47H,5-9,14-33H2,1-4H3,(H2,51,52)(H,53,67)(H,61,62)(H,63,64)(H,65,66)(H,69,70). The number of likely N-dealkylation sites (tertiary alicyclic amines) is 1. The number of amidine groups is 1. The van der Waals surface area contributed by atoms with E-state index in [9.17, 15) is 58.8 Å². The first kappa shape index (κ1) is 62.8. The zero-order chi connectivity index (χ0) is 54.0. The van der Waals surface area contributed by atoms with Crippen LogP contribution in [-0.4, -0.2) is 218 Å². The first-order chi connectivity index (χ1) is 34.7. The number of aliphatic imine (C=N–C) groups is 1. The highest BCUT2D eigenvalue weighted by atomic mass is 32.2. The van der Waals surface area contributed by atoms with Crippen LogP contribution < -0.4 is 11.1 Å². The van der Waals surface area contributed by atoms with Crippen molar-refractivity contribution in [1.29, 1.82) is 0 Å². The highest BCUT2D eigenvalue weighted by Crippen LogP contribution is 2.27. The monoisotopic (exact) mass is 1080 g/mol. The minimum atomic E-state index is -1.13. The van der Waals surface area contributed by atoms with Crippen LogP contribution >= 0.6 is 35.7 Å². The predicted octanol–water partition coefficient (Wildman–Crippen LogP) is 2.93. The number of hydrogen-bond donors (Lipinski definition) is 6. The van der Waals surface area contributed by atoms with Crippen LogP contribution in [0.5, 0.6) is 0 Å². The fraction of sp³-hybridized carbons (Fsp3) is 0.680. The highest BCUT2D eigenvalue weighted by Gasteiger charge is 2.38. The van der Waals surface area contributed by atoms with Gasteiger partial charge in [0.1, 0.15) is 0 Å². The zero-order valence-corrected chi connectivity index (χ0v) is 45.4. The number of imide groups is 1. The van der Waals surface area contributed by atoms with Gasteiger partial charge >= 0.3 is 23.9 Å². The molecule has 0 bridgehead atoms. The highest BCUT2D eigenvalue weighted by molar-refractivity contribution is 8.00. The van der Waals surface area contributed by atoms with Gasteiger partial charge in [-0.3, -0.25) is 67.8 Å². The number of nitrogens with zero attached hydrogens (tertiary/aromatic N) is 6. The van der Waals surface area contributed by atoms with Gasteiger partial charge in [0.05, 0.1) is 42.7 Å². The van der Waals surface area contributed by atoms with Gasteiger partial charge in [0, 0.05) is 104 Å². The zero-order valence-electron chi connectivity index (χ0n) is 42.9. The van der Waals surface area contributed by atoms with E-state index in [2.05, 4.69) is 15.2 Å². The van der Waals surface area contributed by atoms with E-state index in [1.165, 1.54) is 16.7 Å². The lowest BCUT2D eigenvalue weighted by molar-refractivity contribution is -0.145. The van der Waals surface area contributed by atoms with Crippen LogP contribution in [0.3, 0.4) is 0 Å². The van der Waals surface area contributed by atoms with Gasteiger partial charge in [-0.25, -0.2) is 0 Å². The molecule has 23 heteroatoms. The van der Waals surface area contributed by atoms with Crippen LogP contribution in [0, 0.1) is 17.8 Å². The normalized spacial score (nSPS) is 18.5. The number of carboxylic acids is 4. The van der Waals surface area contributed by atoms with Crippen LogP contribution in [0.15, 0.2) is 29.3 Å². The number of carboxylic acid groups (broad SMARTS) is 4. The number of benzene rings is 1. The lowest BCUT2D eigenvalue weighted by Gasteiger charge is -2.33. The quantitative estimate of drug-likeness (QED) is 0.0199. The largest absolute Gasteiger partial charge is 0.481 e. The number of carbonyl (C=O) groups is 8. The number of thiocarbonyl (C=S) groups is 1. The maximum absolute atomic E-state index is 13.9. The molecule has 0 radical (unpaired) electrons. The Morgan fingerprint density at radius 3 is 1.78 bits per heavy atom. The third-order valence-corrected chi connectivity index (χ3v) is 15.3. The van der Waals surface area contributed by atoms with Crippen molar-refractivity contribution in [3.63, 3.8) is 0 Å². The van der Waals surface area contributed by atoms with Gasteiger partial charge in [-0.1, -0.05) is 56.8 Å². The smallest absolute Gasteiger partial charge is 0.317 e. The van der Waals surface area contributed by atoms with Crippen LogP contribution in [0.25, 0.3) is 0 Å². The van der Waals surface area contributed by atoms with E-state index in [0.717, 1.165) is 17.5 Å². The van der Waals surface area contributed by atoms with E-state index in [1.807, 2.05) is 30.5 Å². The molecule has 4 atom stereocenters. The summed E-state index contributed by atoms with van der Waals surface area (Å²) < 4.78 is 0. The molecule has 2 saturated heterocycles. The summed E-state index contributed by atoms with van der Waals surface area (Å²) in [5.74, 6) is -5.31. The molecule has 3 rings (SSSR count). The van der Waals surface area contributed by atoms with E-state index in [1.54, 1.807) is 47.4 Å². The SMILES string of the molecule is CN=C(N)CCCSC1CC(=O)N(CCCCC(CC(=O)C(NC(=O)C(CCSC)CC(=S)Cc2ccc(CN3CCN(CC(=O)O)CCN(CC(=O)O)CCN(CC(=O)O)CC3)cc2)C(C)C)C(=O)O)C1=O. The van der Waals surface area contributed by atoms with Gasteiger partial charge in [0.15, 0.2) is 5.78 Å². The molecular weight excluding hydrogens is 1000 g/mol. The second-order valence-corrected chi connectivity index (χ2v) is 22.1. The number of Topliss-reactive ketones (excluding diaryl/α,β-unsaturated/α-hetero) is 1. The summed E-state index contributed by atoms with van der Waals surface area (Å²) >= 11 is 8.88. The molecule has 2 aliphatic heterocycles. The van der Waals surface area contributed by atoms with Crippen molar-refractivity contribution in [3.05, 3.63) is 35.4 Å². The van der Waals surface area contributed by atoms with Crippen molar-refractivity contribution in [1.82, 2.24) is 29.8 Å². The first-order valence-corrected chi connectivity index (χ1v) is 27.9. The van der Waals surface area contributed by atoms with Gasteiger partial charge in [-0.05, 0) is 71.8 Å². The van der Waals surface area contributed by atoms with Crippen LogP contribution in [0.1, 0.15) is 82.8 Å². The number of aliphatic carboxylic acids is 4. The number of nitrogens with one attached hydrogen (secondary N) is 1. The number of nitrogens with two attached hydrogens (primary N) is 1. The van der Waals surface area contributed by atoms with E-state index in [-0.39, 0.29) is 74.9 Å². The predicted molar refractivity (Wildman–Crippen MR) is 287 cm³/mol. The Labute approximate surface area is 443 Å². The third kappa shape index (κ3) is 24.1. The summed E-state index contributed by atoms with van der Waals surface area (Å²) in [5, 5.41) is 41.2. The topological polar surface area (TPSA) is 284 Å². The summed E-state index contributed by atoms with van der Waals surface area (Å²) in [6.45, 7) is 6.72. The Balaban J connectivity index is 1.59. The van der Waals surface area contributed by atoms with Crippen LogP contribution in [0.4, 0.5) is 0 Å². The summed E-state index contributed by atoms with van der Waals surface area (Å²) in [6, 6.07) is 6.99. The molecule has 0 saturated carbocycles. The van der Waals surface area contributed by atoms with Crippen molar-refractivity contribution in [3.8, 4) is 0 Å². The minimum Gasteiger partial charge on any atom is -0.481 e. The number of amides is 3. The Morgan fingerprint density at radius 1 is 0.753 bits per heavy atom. The molecule has 73 heavy (non-hydrogen) atoms. The Hall–Kier alpha value is -4.52. The van der Waals surface area contributed by atoms with E-state index >= 15 is 0 Å². The molecule has 0 aromatic heterocycles. The first-order valence-electron chi connectivity index (χ1n) is 25.1. The second kappa shape index (κ2) is 33.4. The van der Waals surface area contributed by atoms with Crippen LogP contribution in [-0.2, 0) is 51.3 Å². The Bertz CT molecular complexity index is 2010. The van der Waals surface area contributed by atoms with Crippen molar-refractivity contribution in [2.75, 3.05) is 103 Å². The molecule has 0 aliphatic carbocycles. The Morgan fingerprint density at radius 2 is 1.29 bits per heavy atom. The van der Waals surface area contributed by atoms with Crippen molar-refractivity contribution in [2.45, 2.75) is 95.9 Å². The van der Waals surface area contributed by atoms with Crippen molar-refractivity contribution < 1.29 is 58.8 Å². The number of hydrogen-bond acceptors (Lipinski definition) is 16. The molecule has 2 fully saturated rings. The number of carbonyl (C=O) groups excluding carboxylic acids is 4. The molecular formula is C50H78N8O12S3.